The van der Waals surface area contributed by atoms with Gasteiger partial charge in [0.2, 0.25) is 0 Å². The molecule has 0 aliphatic heterocycles. The molecule has 3 nitrogen and oxygen atoms in total. The summed E-state index contributed by atoms with van der Waals surface area (Å²) in [6.45, 7) is 8.49. The molecule has 0 spiro atoms. The van der Waals surface area contributed by atoms with Crippen LogP contribution in [0.15, 0.2) is 18.2 Å². The number of carbonyl (C=O) groups is 1. The molecule has 1 aromatic rings. The number of benzene rings is 1. The Morgan fingerprint density at radius 1 is 1.35 bits per heavy atom. The van der Waals surface area contributed by atoms with E-state index in [1.54, 1.807) is 0 Å². The summed E-state index contributed by atoms with van der Waals surface area (Å²) in [4.78, 5) is 11.9. The van der Waals surface area contributed by atoms with E-state index in [-0.39, 0.29) is 18.5 Å². The van der Waals surface area contributed by atoms with Gasteiger partial charge < -0.3 is 0 Å². The SMILES string of the molecule is [CH2-][O+](c1ccc(CC(=O)OCC(C)C)cc1[CH]=[Ru]([Cl])[Cl])C(C)C. The normalized spacial score (nSPS) is 11.6. The van der Waals surface area contributed by atoms with Crippen molar-refractivity contribution in [2.24, 2.45) is 5.92 Å². The number of halogens is 2. The van der Waals surface area contributed by atoms with Crippen LogP contribution in [0, 0.1) is 13.0 Å². The second kappa shape index (κ2) is 9.76. The van der Waals surface area contributed by atoms with Crippen molar-refractivity contribution in [1.82, 2.24) is 0 Å². The summed E-state index contributed by atoms with van der Waals surface area (Å²) in [5, 5.41) is 0. The summed E-state index contributed by atoms with van der Waals surface area (Å²) < 4.78 is 9.88. The fourth-order valence-corrected chi connectivity index (χ4v) is 3.62. The zero-order chi connectivity index (χ0) is 17.6. The molecular formula is C17H24Cl2O3Ru. The Bertz CT molecular complexity index is 567. The molecule has 1 rings (SSSR count). The summed E-state index contributed by atoms with van der Waals surface area (Å²) >= 11 is -1.99. The van der Waals surface area contributed by atoms with E-state index < -0.39 is 13.5 Å². The van der Waals surface area contributed by atoms with Crippen LogP contribution in [0.25, 0.3) is 0 Å². The van der Waals surface area contributed by atoms with Crippen molar-refractivity contribution in [3.05, 3.63) is 36.4 Å². The van der Waals surface area contributed by atoms with Gasteiger partial charge in [0.1, 0.15) is 0 Å². The van der Waals surface area contributed by atoms with E-state index in [2.05, 4.69) is 11.5 Å². The first-order valence-corrected chi connectivity index (χ1v) is 12.8. The molecular weight excluding hydrogens is 424 g/mol. The Hall–Kier alpha value is -0.437. The molecule has 0 aliphatic rings. The van der Waals surface area contributed by atoms with Crippen LogP contribution in [0.1, 0.15) is 38.8 Å². The van der Waals surface area contributed by atoms with E-state index in [4.69, 9.17) is 24.1 Å². The molecule has 0 aromatic heterocycles. The maximum absolute atomic E-state index is 11.9. The Balaban J connectivity index is 3.00. The first-order chi connectivity index (χ1) is 10.7. The van der Waals surface area contributed by atoms with E-state index in [1.165, 1.54) is 0 Å². The van der Waals surface area contributed by atoms with Crippen LogP contribution in [0.3, 0.4) is 0 Å². The van der Waals surface area contributed by atoms with Gasteiger partial charge in [-0.15, -0.1) is 0 Å². The summed E-state index contributed by atoms with van der Waals surface area (Å²) in [6, 6.07) is 5.74. The molecule has 6 heteroatoms. The van der Waals surface area contributed by atoms with Gasteiger partial charge >= 0.3 is 152 Å². The van der Waals surface area contributed by atoms with Crippen LogP contribution in [0.4, 0.5) is 0 Å². The average Bonchev–Trinajstić information content (AvgIpc) is 2.44. The summed E-state index contributed by atoms with van der Waals surface area (Å²) in [5.74, 6) is 0.970. The topological polar surface area (TPSA) is 29.0 Å². The number of hydrogen-bond acceptors (Lipinski definition) is 2. The van der Waals surface area contributed by atoms with Crippen LogP contribution >= 0.6 is 19.4 Å². The molecule has 0 atom stereocenters. The average molecular weight is 448 g/mol. The molecule has 0 saturated carbocycles. The van der Waals surface area contributed by atoms with Crippen LogP contribution in [0.2, 0.25) is 0 Å². The van der Waals surface area contributed by atoms with Crippen LogP contribution in [0.5, 0.6) is 5.75 Å². The molecule has 132 valence electrons. The van der Waals surface area contributed by atoms with Crippen molar-refractivity contribution in [1.29, 1.82) is 0 Å². The van der Waals surface area contributed by atoms with Crippen LogP contribution in [-0.4, -0.2) is 23.3 Å². The van der Waals surface area contributed by atoms with Gasteiger partial charge in [-0.3, -0.25) is 0 Å². The van der Waals surface area contributed by atoms with Gasteiger partial charge in [0, 0.05) is 0 Å². The van der Waals surface area contributed by atoms with Crippen molar-refractivity contribution in [2.75, 3.05) is 6.61 Å². The molecule has 0 saturated heterocycles. The number of ether oxygens (including phenoxy) is 1. The summed E-state index contributed by atoms with van der Waals surface area (Å²) in [7, 11) is 16.0. The van der Waals surface area contributed by atoms with E-state index in [1.807, 2.05) is 50.5 Å². The Morgan fingerprint density at radius 3 is 2.52 bits per heavy atom. The third kappa shape index (κ3) is 7.33. The molecule has 0 N–H and O–H groups in total. The van der Waals surface area contributed by atoms with E-state index in [0.29, 0.717) is 12.5 Å². The van der Waals surface area contributed by atoms with Gasteiger partial charge in [-0.05, 0) is 0 Å². The summed E-state index contributed by atoms with van der Waals surface area (Å²) in [6.07, 6.45) is 0.393. The minimum atomic E-state index is -1.99. The number of rotatable bonds is 7. The first-order valence-electron chi connectivity index (χ1n) is 7.35. The van der Waals surface area contributed by atoms with Crippen LogP contribution in [-0.2, 0) is 33.8 Å². The van der Waals surface area contributed by atoms with Gasteiger partial charge in [-0.25, -0.2) is 0 Å². The molecule has 0 unspecified atom stereocenters. The quantitative estimate of drug-likeness (QED) is 0.255. The predicted molar refractivity (Wildman–Crippen MR) is 93.8 cm³/mol. The van der Waals surface area contributed by atoms with Gasteiger partial charge in [0.25, 0.3) is 0 Å². The molecule has 1 aromatic carbocycles. The molecule has 0 bridgehead atoms. The molecule has 0 radical (unpaired) electrons. The zero-order valence-electron chi connectivity index (χ0n) is 13.9. The number of carbonyl (C=O) groups excluding carboxylic acids is 1. The summed E-state index contributed by atoms with van der Waals surface area (Å²) in [5.41, 5.74) is 1.76. The Kier molecular flexibility index (Phi) is 8.75. The molecule has 0 heterocycles. The van der Waals surface area contributed by atoms with Crippen molar-refractivity contribution >= 4 is 30.0 Å². The number of hydrogen-bond donors (Lipinski definition) is 0. The van der Waals surface area contributed by atoms with Crippen molar-refractivity contribution < 1.29 is 27.4 Å². The monoisotopic (exact) mass is 448 g/mol. The third-order valence-electron chi connectivity index (χ3n) is 3.04. The van der Waals surface area contributed by atoms with Gasteiger partial charge in [0.15, 0.2) is 0 Å². The fourth-order valence-electron chi connectivity index (χ4n) is 1.84. The van der Waals surface area contributed by atoms with Crippen LogP contribution < -0.4 is 0 Å². The van der Waals surface area contributed by atoms with Crippen molar-refractivity contribution in [3.63, 3.8) is 0 Å². The van der Waals surface area contributed by atoms with Gasteiger partial charge in [0.05, 0.1) is 0 Å². The standard InChI is InChI=1S/C17H24O3.2ClH.Ru/c1-12(2)11-19-17(18)10-15-7-8-16(14(5)9-15)20(6)13(3)4;;;/h5,7-9,12-13H,6,10-11H2,1-4H3;2*1H;/q;;;+2/p-2. The molecule has 0 aliphatic carbocycles. The molecule has 0 fully saturated rings. The molecule has 0 amide bonds. The predicted octanol–water partition coefficient (Wildman–Crippen LogP) is 4.97. The van der Waals surface area contributed by atoms with Gasteiger partial charge in [-0.2, -0.15) is 0 Å². The zero-order valence-corrected chi connectivity index (χ0v) is 17.2. The Labute approximate surface area is 152 Å². The fraction of sp³-hybridized carbons (Fsp3) is 0.471. The second-order valence-corrected chi connectivity index (χ2v) is 11.6. The van der Waals surface area contributed by atoms with Crippen molar-refractivity contribution in [3.8, 4) is 5.75 Å². The molecule has 23 heavy (non-hydrogen) atoms. The number of esters is 1. The van der Waals surface area contributed by atoms with Gasteiger partial charge in [-0.1, -0.05) is 0 Å². The van der Waals surface area contributed by atoms with Crippen molar-refractivity contribution in [2.45, 2.75) is 40.2 Å². The third-order valence-corrected chi connectivity index (χ3v) is 4.87. The van der Waals surface area contributed by atoms with E-state index >= 15 is 0 Å². The Morgan fingerprint density at radius 2 is 2.00 bits per heavy atom. The minimum absolute atomic E-state index is 0.162. The maximum atomic E-state index is 11.9. The van der Waals surface area contributed by atoms with E-state index in [0.717, 1.165) is 16.9 Å². The first kappa shape index (κ1) is 20.6. The second-order valence-electron chi connectivity index (χ2n) is 5.91. The van der Waals surface area contributed by atoms with E-state index in [9.17, 15) is 4.79 Å².